The summed E-state index contributed by atoms with van der Waals surface area (Å²) in [6.07, 6.45) is 0. The molecule has 0 aliphatic carbocycles. The van der Waals surface area contributed by atoms with E-state index in [1.165, 1.54) is 11.9 Å². The third-order valence-corrected chi connectivity index (χ3v) is 2.37. The fraction of sp³-hybridized carbons (Fsp3) is 0.333. The Bertz CT molecular complexity index is 550. The molecular formula is C12H14N4O3. The Morgan fingerprint density at radius 1 is 1.32 bits per heavy atom. The molecule has 0 unspecified atom stereocenters. The normalized spacial score (nSPS) is 10.2. The number of rotatable bonds is 5. The van der Waals surface area contributed by atoms with Gasteiger partial charge in [0.15, 0.2) is 6.54 Å². The Morgan fingerprint density at radius 3 is 2.68 bits per heavy atom. The summed E-state index contributed by atoms with van der Waals surface area (Å²) in [6, 6.07) is 7.34. The van der Waals surface area contributed by atoms with Crippen molar-refractivity contribution < 1.29 is 14.3 Å². The molecule has 0 bridgehead atoms. The molecule has 1 heterocycles. The maximum absolute atomic E-state index is 11.1. The lowest BCUT2D eigenvalue weighted by molar-refractivity contribution is -0.141. The molecule has 1 aromatic carbocycles. The van der Waals surface area contributed by atoms with Crippen LogP contribution in [-0.4, -0.2) is 39.9 Å². The van der Waals surface area contributed by atoms with Crippen LogP contribution in [0.1, 0.15) is 6.92 Å². The third-order valence-electron chi connectivity index (χ3n) is 2.37. The minimum atomic E-state index is -0.421. The number of hydrogen-bond donors (Lipinski definition) is 0. The highest BCUT2D eigenvalue weighted by Gasteiger charge is 2.09. The standard InChI is InChI=1S/C12H14N4O3/c1-3-19-10-6-4-9(5-7-10)12-13-15-16(14-12)8-11(17)18-2/h4-7H,3,8H2,1-2H3. The van der Waals surface area contributed by atoms with Gasteiger partial charge in [0.1, 0.15) is 5.75 Å². The van der Waals surface area contributed by atoms with Gasteiger partial charge < -0.3 is 9.47 Å². The van der Waals surface area contributed by atoms with Crippen molar-refractivity contribution in [2.75, 3.05) is 13.7 Å². The monoisotopic (exact) mass is 262 g/mol. The fourth-order valence-electron chi connectivity index (χ4n) is 1.47. The Balaban J connectivity index is 2.11. The van der Waals surface area contributed by atoms with Crippen molar-refractivity contribution in [3.8, 4) is 17.1 Å². The number of esters is 1. The molecule has 0 aliphatic heterocycles. The zero-order valence-electron chi connectivity index (χ0n) is 10.7. The Labute approximate surface area is 110 Å². The van der Waals surface area contributed by atoms with Gasteiger partial charge in [0.25, 0.3) is 0 Å². The van der Waals surface area contributed by atoms with Crippen LogP contribution in [0.2, 0.25) is 0 Å². The van der Waals surface area contributed by atoms with Crippen LogP contribution in [0.4, 0.5) is 0 Å². The van der Waals surface area contributed by atoms with Gasteiger partial charge in [-0.05, 0) is 36.4 Å². The number of methoxy groups -OCH3 is 1. The maximum atomic E-state index is 11.1. The number of hydrogen-bond acceptors (Lipinski definition) is 6. The summed E-state index contributed by atoms with van der Waals surface area (Å²) in [7, 11) is 1.31. The second-order valence-electron chi connectivity index (χ2n) is 3.68. The van der Waals surface area contributed by atoms with Gasteiger partial charge >= 0.3 is 5.97 Å². The summed E-state index contributed by atoms with van der Waals surface area (Å²) in [4.78, 5) is 12.3. The number of aromatic nitrogens is 4. The van der Waals surface area contributed by atoms with Crippen LogP contribution < -0.4 is 4.74 Å². The number of ether oxygens (including phenoxy) is 2. The summed E-state index contributed by atoms with van der Waals surface area (Å²) in [6.45, 7) is 2.49. The van der Waals surface area contributed by atoms with Crippen molar-refractivity contribution in [1.82, 2.24) is 20.2 Å². The first-order valence-corrected chi connectivity index (χ1v) is 5.80. The first-order chi connectivity index (χ1) is 9.22. The van der Waals surface area contributed by atoms with Crippen molar-refractivity contribution >= 4 is 5.97 Å². The maximum Gasteiger partial charge on any atom is 0.329 e. The highest BCUT2D eigenvalue weighted by Crippen LogP contribution is 2.18. The summed E-state index contributed by atoms with van der Waals surface area (Å²) in [5, 5.41) is 11.8. The van der Waals surface area contributed by atoms with E-state index in [1.54, 1.807) is 0 Å². The molecule has 2 aromatic rings. The minimum Gasteiger partial charge on any atom is -0.494 e. The minimum absolute atomic E-state index is 0.0550. The Morgan fingerprint density at radius 2 is 2.05 bits per heavy atom. The average molecular weight is 262 g/mol. The van der Waals surface area contributed by atoms with E-state index in [4.69, 9.17) is 4.74 Å². The number of carbonyl (C=O) groups is 1. The van der Waals surface area contributed by atoms with Gasteiger partial charge in [-0.3, -0.25) is 0 Å². The first kappa shape index (κ1) is 13.0. The summed E-state index contributed by atoms with van der Waals surface area (Å²) in [5.41, 5.74) is 0.805. The number of nitrogens with zero attached hydrogens (tertiary/aromatic N) is 4. The molecule has 0 saturated heterocycles. The second kappa shape index (κ2) is 5.94. The van der Waals surface area contributed by atoms with Crippen LogP contribution in [0.5, 0.6) is 5.75 Å². The summed E-state index contributed by atoms with van der Waals surface area (Å²) in [5.74, 6) is 0.816. The van der Waals surface area contributed by atoms with Crippen molar-refractivity contribution in [3.63, 3.8) is 0 Å². The van der Waals surface area contributed by atoms with Gasteiger partial charge in [0, 0.05) is 5.56 Å². The van der Waals surface area contributed by atoms with Gasteiger partial charge in [-0.2, -0.15) is 4.80 Å². The lowest BCUT2D eigenvalue weighted by atomic mass is 10.2. The van der Waals surface area contributed by atoms with Crippen LogP contribution in [0.15, 0.2) is 24.3 Å². The van der Waals surface area contributed by atoms with Crippen molar-refractivity contribution in [3.05, 3.63) is 24.3 Å². The highest BCUT2D eigenvalue weighted by molar-refractivity contribution is 5.68. The second-order valence-corrected chi connectivity index (χ2v) is 3.68. The quantitative estimate of drug-likeness (QED) is 0.745. The molecule has 19 heavy (non-hydrogen) atoms. The topological polar surface area (TPSA) is 79.1 Å². The van der Waals surface area contributed by atoms with E-state index in [2.05, 4.69) is 20.1 Å². The van der Waals surface area contributed by atoms with Gasteiger partial charge in [0.2, 0.25) is 5.82 Å². The average Bonchev–Trinajstić information content (AvgIpc) is 2.88. The van der Waals surface area contributed by atoms with Crippen molar-refractivity contribution in [1.29, 1.82) is 0 Å². The van der Waals surface area contributed by atoms with Gasteiger partial charge in [-0.25, -0.2) is 4.79 Å². The summed E-state index contributed by atoms with van der Waals surface area (Å²) >= 11 is 0. The van der Waals surface area contributed by atoms with Crippen LogP contribution in [-0.2, 0) is 16.1 Å². The van der Waals surface area contributed by atoms with E-state index in [0.717, 1.165) is 11.3 Å². The SMILES string of the molecule is CCOc1ccc(-c2nnn(CC(=O)OC)n2)cc1. The van der Waals surface area contributed by atoms with E-state index < -0.39 is 5.97 Å². The van der Waals surface area contributed by atoms with Crippen molar-refractivity contribution in [2.45, 2.75) is 13.5 Å². The van der Waals surface area contributed by atoms with Gasteiger partial charge in [0.05, 0.1) is 13.7 Å². The van der Waals surface area contributed by atoms with Crippen LogP contribution in [0.25, 0.3) is 11.4 Å². The lowest BCUT2D eigenvalue weighted by Gasteiger charge is -2.02. The number of carbonyl (C=O) groups excluding carboxylic acids is 1. The highest BCUT2D eigenvalue weighted by atomic mass is 16.5. The molecule has 0 spiro atoms. The molecular weight excluding hydrogens is 248 g/mol. The molecule has 100 valence electrons. The zero-order chi connectivity index (χ0) is 13.7. The molecule has 0 radical (unpaired) electrons. The molecule has 0 N–H and O–H groups in total. The van der Waals surface area contributed by atoms with Crippen LogP contribution in [0, 0.1) is 0 Å². The predicted molar refractivity (Wildman–Crippen MR) is 66.4 cm³/mol. The van der Waals surface area contributed by atoms with E-state index in [9.17, 15) is 4.79 Å². The molecule has 0 amide bonds. The summed E-state index contributed by atoms with van der Waals surface area (Å²) < 4.78 is 9.87. The number of tetrazole rings is 1. The smallest absolute Gasteiger partial charge is 0.329 e. The number of benzene rings is 1. The molecule has 0 saturated carbocycles. The van der Waals surface area contributed by atoms with E-state index >= 15 is 0 Å². The Hall–Kier alpha value is -2.44. The lowest BCUT2D eigenvalue weighted by Crippen LogP contribution is -2.14. The fourth-order valence-corrected chi connectivity index (χ4v) is 1.47. The Kier molecular flexibility index (Phi) is 4.07. The molecule has 0 aliphatic rings. The van der Waals surface area contributed by atoms with Crippen LogP contribution in [0.3, 0.4) is 0 Å². The predicted octanol–water partition coefficient (Wildman–Crippen LogP) is 0.912. The molecule has 0 atom stereocenters. The zero-order valence-corrected chi connectivity index (χ0v) is 10.7. The molecule has 2 rings (SSSR count). The van der Waals surface area contributed by atoms with Gasteiger partial charge in [-0.15, -0.1) is 10.2 Å². The van der Waals surface area contributed by atoms with Gasteiger partial charge in [-0.1, -0.05) is 0 Å². The van der Waals surface area contributed by atoms with E-state index in [0.29, 0.717) is 12.4 Å². The third kappa shape index (κ3) is 3.27. The van der Waals surface area contributed by atoms with E-state index in [1.807, 2.05) is 31.2 Å². The first-order valence-electron chi connectivity index (χ1n) is 5.80. The molecule has 7 heteroatoms. The molecule has 1 aromatic heterocycles. The van der Waals surface area contributed by atoms with Crippen molar-refractivity contribution in [2.24, 2.45) is 0 Å². The largest absolute Gasteiger partial charge is 0.494 e. The molecule has 0 fully saturated rings. The van der Waals surface area contributed by atoms with E-state index in [-0.39, 0.29) is 6.54 Å². The van der Waals surface area contributed by atoms with Crippen LogP contribution >= 0.6 is 0 Å². The molecule has 7 nitrogen and oxygen atoms in total.